The Morgan fingerprint density at radius 3 is 2.56 bits per heavy atom. The van der Waals surface area contributed by atoms with Gasteiger partial charge >= 0.3 is 0 Å². The van der Waals surface area contributed by atoms with E-state index in [1.54, 1.807) is 0 Å². The average Bonchev–Trinajstić information content (AvgIpc) is 2.57. The number of rotatable bonds is 6. The third-order valence-corrected chi connectivity index (χ3v) is 6.22. The van der Waals surface area contributed by atoms with Crippen LogP contribution >= 0.6 is 0 Å². The summed E-state index contributed by atoms with van der Waals surface area (Å²) in [6.07, 6.45) is 4.58. The molecule has 0 radical (unpaired) electrons. The van der Waals surface area contributed by atoms with Gasteiger partial charge in [-0.2, -0.15) is 0 Å². The molecule has 0 heterocycles. The van der Waals surface area contributed by atoms with E-state index in [0.717, 1.165) is 24.8 Å². The van der Waals surface area contributed by atoms with Crippen LogP contribution < -0.4 is 10.6 Å². The van der Waals surface area contributed by atoms with Gasteiger partial charge in [-0.15, -0.1) is 0 Å². The summed E-state index contributed by atoms with van der Waals surface area (Å²) in [6, 6.07) is 5.82. The number of nitrogens with one attached hydrogen (secondary N) is 2. The lowest BCUT2D eigenvalue weighted by atomic mass is 9.87. The molecule has 0 aliphatic heterocycles. The minimum absolute atomic E-state index is 0.0924. The summed E-state index contributed by atoms with van der Waals surface area (Å²) in [6.45, 7) is 5.03. The van der Waals surface area contributed by atoms with E-state index in [9.17, 15) is 12.8 Å². The Morgan fingerprint density at radius 1 is 1.24 bits per heavy atom. The Kier molecular flexibility index (Phi) is 7.23. The lowest BCUT2D eigenvalue weighted by molar-refractivity contribution is 0.329. The third-order valence-electron chi connectivity index (χ3n) is 4.50. The van der Waals surface area contributed by atoms with Gasteiger partial charge in [-0.25, -0.2) is 12.8 Å². The normalized spacial score (nSPS) is 21.8. The minimum Gasteiger partial charge on any atom is -0.357 e. The van der Waals surface area contributed by atoms with E-state index in [2.05, 4.69) is 22.5 Å². The van der Waals surface area contributed by atoms with Crippen LogP contribution in [0.2, 0.25) is 0 Å². The number of hydrogen-bond acceptors (Lipinski definition) is 3. The van der Waals surface area contributed by atoms with Crippen molar-refractivity contribution in [3.8, 4) is 0 Å². The maximum atomic E-state index is 13.7. The van der Waals surface area contributed by atoms with Gasteiger partial charge in [-0.05, 0) is 50.7 Å². The van der Waals surface area contributed by atoms with Gasteiger partial charge in [0, 0.05) is 12.6 Å². The highest BCUT2D eigenvalue weighted by atomic mass is 32.2. The first-order valence-electron chi connectivity index (χ1n) is 8.94. The molecule has 5 nitrogen and oxygen atoms in total. The quantitative estimate of drug-likeness (QED) is 0.597. The maximum Gasteiger partial charge on any atom is 0.191 e. The molecule has 2 N–H and O–H groups in total. The molecule has 1 aliphatic carbocycles. The minimum atomic E-state index is -3.68. The molecule has 1 aromatic carbocycles. The first-order chi connectivity index (χ1) is 11.9. The maximum absolute atomic E-state index is 13.7. The molecule has 140 valence electrons. The molecule has 0 unspecified atom stereocenters. The smallest absolute Gasteiger partial charge is 0.191 e. The summed E-state index contributed by atoms with van der Waals surface area (Å²) < 4.78 is 38.2. The number of sulfone groups is 1. The average molecular weight is 370 g/mol. The molecule has 1 aromatic rings. The lowest BCUT2D eigenvalue weighted by Crippen LogP contribution is -2.45. The largest absolute Gasteiger partial charge is 0.357 e. The first kappa shape index (κ1) is 19.7. The van der Waals surface area contributed by atoms with Gasteiger partial charge in [0.2, 0.25) is 0 Å². The van der Waals surface area contributed by atoms with Gasteiger partial charge in [0.05, 0.1) is 12.3 Å². The molecular weight excluding hydrogens is 341 g/mol. The van der Waals surface area contributed by atoms with Crippen molar-refractivity contribution in [1.82, 2.24) is 10.6 Å². The van der Waals surface area contributed by atoms with E-state index in [1.165, 1.54) is 31.0 Å². The van der Waals surface area contributed by atoms with E-state index in [-0.39, 0.29) is 17.2 Å². The summed E-state index contributed by atoms with van der Waals surface area (Å²) in [4.78, 5) is 4.10. The van der Waals surface area contributed by atoms with Crippen molar-refractivity contribution in [1.29, 1.82) is 0 Å². The zero-order valence-electron chi connectivity index (χ0n) is 15.0. The fourth-order valence-corrected chi connectivity index (χ4v) is 4.20. The van der Waals surface area contributed by atoms with Gasteiger partial charge in [0.1, 0.15) is 10.7 Å². The highest BCUT2D eigenvalue weighted by molar-refractivity contribution is 7.91. The molecule has 0 aromatic heterocycles. The molecule has 0 spiro atoms. The van der Waals surface area contributed by atoms with Crippen LogP contribution in [0, 0.1) is 11.7 Å². The summed E-state index contributed by atoms with van der Waals surface area (Å²) >= 11 is 0. The van der Waals surface area contributed by atoms with Gasteiger partial charge in [-0.1, -0.05) is 19.1 Å². The molecule has 1 aliphatic rings. The van der Waals surface area contributed by atoms with Crippen LogP contribution in [0.3, 0.4) is 0 Å². The van der Waals surface area contributed by atoms with Crippen molar-refractivity contribution in [2.24, 2.45) is 10.9 Å². The van der Waals surface area contributed by atoms with E-state index in [4.69, 9.17) is 0 Å². The highest BCUT2D eigenvalue weighted by Crippen LogP contribution is 2.23. The molecule has 1 fully saturated rings. The second-order valence-electron chi connectivity index (χ2n) is 6.61. The number of hydrogen-bond donors (Lipinski definition) is 2. The number of halogens is 1. The fraction of sp³-hybridized carbons (Fsp3) is 0.611. The summed E-state index contributed by atoms with van der Waals surface area (Å²) in [7, 11) is -3.68. The molecule has 0 atom stereocenters. The number of benzene rings is 1. The van der Waals surface area contributed by atoms with Crippen LogP contribution in [-0.4, -0.2) is 39.3 Å². The van der Waals surface area contributed by atoms with Gasteiger partial charge in [0.25, 0.3) is 0 Å². The molecule has 2 rings (SSSR count). The van der Waals surface area contributed by atoms with Crippen LogP contribution in [0.4, 0.5) is 4.39 Å². The third kappa shape index (κ3) is 5.99. The molecule has 0 amide bonds. The molecule has 25 heavy (non-hydrogen) atoms. The monoisotopic (exact) mass is 369 g/mol. The van der Waals surface area contributed by atoms with Gasteiger partial charge in [0.15, 0.2) is 15.8 Å². The zero-order valence-corrected chi connectivity index (χ0v) is 15.8. The lowest BCUT2D eigenvalue weighted by Gasteiger charge is -2.28. The molecular formula is C18H28FN3O2S. The molecule has 0 saturated heterocycles. The summed E-state index contributed by atoms with van der Waals surface area (Å²) in [5, 5.41) is 6.53. The topological polar surface area (TPSA) is 70.6 Å². The van der Waals surface area contributed by atoms with Crippen molar-refractivity contribution in [3.63, 3.8) is 0 Å². The Hall–Kier alpha value is -1.63. The summed E-state index contributed by atoms with van der Waals surface area (Å²) in [5.74, 6) is 0.466. The van der Waals surface area contributed by atoms with Crippen molar-refractivity contribution in [2.75, 3.05) is 18.8 Å². The Labute approximate surface area is 150 Å². The Balaban J connectivity index is 1.95. The van der Waals surface area contributed by atoms with E-state index in [0.29, 0.717) is 18.5 Å². The van der Waals surface area contributed by atoms with Crippen molar-refractivity contribution in [3.05, 3.63) is 30.1 Å². The predicted octanol–water partition coefficient (Wildman–Crippen LogP) is 2.73. The van der Waals surface area contributed by atoms with Crippen molar-refractivity contribution >= 4 is 15.8 Å². The number of aliphatic imine (C=N–C) groups is 1. The Bertz CT molecular complexity index is 683. The molecule has 7 heteroatoms. The molecule has 0 bridgehead atoms. The first-order valence-corrected chi connectivity index (χ1v) is 10.6. The predicted molar refractivity (Wildman–Crippen MR) is 99.0 cm³/mol. The highest BCUT2D eigenvalue weighted by Gasteiger charge is 2.20. The van der Waals surface area contributed by atoms with Gasteiger partial charge in [-0.3, -0.25) is 4.99 Å². The standard InChI is InChI=1S/C18H28FN3O2S/c1-3-20-18(22-15-10-8-14(2)9-11-15)21-12-13-25(23,24)17-7-5-4-6-16(17)19/h4-7,14-15H,3,8-13H2,1-2H3,(H2,20,21,22). The second kappa shape index (κ2) is 9.17. The van der Waals surface area contributed by atoms with Crippen molar-refractivity contribution < 1.29 is 12.8 Å². The van der Waals surface area contributed by atoms with Crippen molar-refractivity contribution in [2.45, 2.75) is 50.5 Å². The van der Waals surface area contributed by atoms with E-state index < -0.39 is 15.7 Å². The van der Waals surface area contributed by atoms with Crippen LogP contribution in [0.5, 0.6) is 0 Å². The number of nitrogens with zero attached hydrogens (tertiary/aromatic N) is 1. The van der Waals surface area contributed by atoms with Crippen LogP contribution in [0.15, 0.2) is 34.2 Å². The Morgan fingerprint density at radius 2 is 1.92 bits per heavy atom. The van der Waals surface area contributed by atoms with Crippen LogP contribution in [-0.2, 0) is 9.84 Å². The fourth-order valence-electron chi connectivity index (χ4n) is 3.00. The van der Waals surface area contributed by atoms with E-state index >= 15 is 0 Å². The van der Waals surface area contributed by atoms with E-state index in [1.807, 2.05) is 6.92 Å². The van der Waals surface area contributed by atoms with Crippen LogP contribution in [0.1, 0.15) is 39.5 Å². The second-order valence-corrected chi connectivity index (χ2v) is 8.69. The number of guanidine groups is 1. The van der Waals surface area contributed by atoms with Crippen LogP contribution in [0.25, 0.3) is 0 Å². The summed E-state index contributed by atoms with van der Waals surface area (Å²) in [5.41, 5.74) is 0. The SMILES string of the molecule is CCNC(=NCCS(=O)(=O)c1ccccc1F)NC1CCC(C)CC1. The zero-order chi connectivity index (χ0) is 18.3. The van der Waals surface area contributed by atoms with Gasteiger partial charge < -0.3 is 10.6 Å². The molecule has 1 saturated carbocycles.